The van der Waals surface area contributed by atoms with Crippen molar-refractivity contribution in [2.75, 3.05) is 33.4 Å². The molecule has 1 aromatic carbocycles. The molecule has 168 valence electrons. The maximum atomic E-state index is 13.4. The van der Waals surface area contributed by atoms with Gasteiger partial charge in [0, 0.05) is 39.6 Å². The zero-order valence-electron chi connectivity index (χ0n) is 18.0. The Morgan fingerprint density at radius 1 is 1.35 bits per heavy atom. The normalized spacial score (nSPS) is 20.8. The van der Waals surface area contributed by atoms with Crippen LogP contribution in [0.4, 0.5) is 4.39 Å². The number of rotatable bonds is 7. The fraction of sp³-hybridized carbons (Fsp3) is 0.609. The molecular weight excluding hydrogens is 401 g/mol. The molecule has 2 saturated heterocycles. The fourth-order valence-electron chi connectivity index (χ4n) is 4.66. The van der Waals surface area contributed by atoms with Crippen LogP contribution in [0.3, 0.4) is 0 Å². The van der Waals surface area contributed by atoms with E-state index in [1.54, 1.807) is 19.2 Å². The van der Waals surface area contributed by atoms with Gasteiger partial charge in [-0.3, -0.25) is 4.79 Å². The van der Waals surface area contributed by atoms with Crippen molar-refractivity contribution in [3.8, 4) is 0 Å². The molecule has 2 aromatic rings. The molecule has 0 N–H and O–H groups in total. The highest BCUT2D eigenvalue weighted by molar-refractivity contribution is 5.78. The summed E-state index contributed by atoms with van der Waals surface area (Å²) >= 11 is 0. The van der Waals surface area contributed by atoms with Crippen LogP contribution in [0.2, 0.25) is 0 Å². The van der Waals surface area contributed by atoms with Gasteiger partial charge in [-0.25, -0.2) is 4.39 Å². The van der Waals surface area contributed by atoms with Gasteiger partial charge in [-0.05, 0) is 49.3 Å². The Labute approximate surface area is 181 Å². The van der Waals surface area contributed by atoms with Crippen molar-refractivity contribution in [3.05, 3.63) is 47.4 Å². The van der Waals surface area contributed by atoms with E-state index >= 15 is 0 Å². The van der Waals surface area contributed by atoms with Crippen LogP contribution >= 0.6 is 0 Å². The molecule has 2 aliphatic rings. The molecule has 7 nitrogen and oxygen atoms in total. The average molecular weight is 432 g/mol. The van der Waals surface area contributed by atoms with Crippen LogP contribution in [-0.4, -0.2) is 60.0 Å². The van der Waals surface area contributed by atoms with Gasteiger partial charge in [0.15, 0.2) is 5.82 Å². The predicted molar refractivity (Wildman–Crippen MR) is 111 cm³/mol. The summed E-state index contributed by atoms with van der Waals surface area (Å²) in [4.78, 5) is 19.0. The Balaban J connectivity index is 1.28. The highest BCUT2D eigenvalue weighted by Gasteiger charge is 2.41. The minimum atomic E-state index is -0.309. The van der Waals surface area contributed by atoms with Crippen LogP contribution in [0.1, 0.15) is 43.0 Å². The van der Waals surface area contributed by atoms with E-state index < -0.39 is 0 Å². The summed E-state index contributed by atoms with van der Waals surface area (Å²) < 4.78 is 30.1. The van der Waals surface area contributed by atoms with E-state index in [1.165, 1.54) is 12.1 Å². The third kappa shape index (κ3) is 5.68. The third-order valence-corrected chi connectivity index (χ3v) is 6.37. The molecular formula is C23H30FN3O4. The highest BCUT2D eigenvalue weighted by Crippen LogP contribution is 2.38. The van der Waals surface area contributed by atoms with Crippen LogP contribution in [0.5, 0.6) is 0 Å². The Hall–Kier alpha value is -2.32. The standard InChI is InChI=1S/C23H30FN3O4/c1-29-11-6-20-25-21(31-26-20)14-18-5-12-30-23(16-18)7-9-27(10-8-23)22(28)15-17-3-2-4-19(24)13-17/h2-4,13,18H,5-12,14-16H2,1H3. The first-order valence-corrected chi connectivity index (χ1v) is 11.0. The number of amides is 1. The summed E-state index contributed by atoms with van der Waals surface area (Å²) in [7, 11) is 1.66. The first-order valence-electron chi connectivity index (χ1n) is 11.0. The Kier molecular flexibility index (Phi) is 6.97. The first-order chi connectivity index (χ1) is 15.0. The maximum Gasteiger partial charge on any atom is 0.226 e. The third-order valence-electron chi connectivity index (χ3n) is 6.37. The lowest BCUT2D eigenvalue weighted by molar-refractivity contribution is -0.146. The highest BCUT2D eigenvalue weighted by atomic mass is 19.1. The summed E-state index contributed by atoms with van der Waals surface area (Å²) in [5.41, 5.74) is 0.529. The van der Waals surface area contributed by atoms with Crippen molar-refractivity contribution in [3.63, 3.8) is 0 Å². The molecule has 0 aliphatic carbocycles. The van der Waals surface area contributed by atoms with Crippen molar-refractivity contribution >= 4 is 5.91 Å². The van der Waals surface area contributed by atoms with E-state index in [9.17, 15) is 9.18 Å². The number of carbonyl (C=O) groups is 1. The second kappa shape index (κ2) is 9.87. The lowest BCUT2D eigenvalue weighted by atomic mass is 9.78. The van der Waals surface area contributed by atoms with Crippen molar-refractivity contribution in [1.29, 1.82) is 0 Å². The number of carbonyl (C=O) groups excluding carboxylic acids is 1. The van der Waals surface area contributed by atoms with Crippen LogP contribution in [-0.2, 0) is 33.5 Å². The van der Waals surface area contributed by atoms with Gasteiger partial charge in [-0.2, -0.15) is 4.98 Å². The summed E-state index contributed by atoms with van der Waals surface area (Å²) in [6.45, 7) is 2.63. The van der Waals surface area contributed by atoms with E-state index in [2.05, 4.69) is 10.1 Å². The second-order valence-corrected chi connectivity index (χ2v) is 8.63. The largest absolute Gasteiger partial charge is 0.384 e. The lowest BCUT2D eigenvalue weighted by Gasteiger charge is -2.46. The van der Waals surface area contributed by atoms with E-state index in [0.717, 1.165) is 32.1 Å². The molecule has 1 spiro atoms. The van der Waals surface area contributed by atoms with E-state index in [-0.39, 0.29) is 23.7 Å². The molecule has 1 atom stereocenters. The number of methoxy groups -OCH3 is 1. The van der Waals surface area contributed by atoms with Crippen molar-refractivity contribution < 1.29 is 23.2 Å². The van der Waals surface area contributed by atoms with Crippen molar-refractivity contribution in [2.24, 2.45) is 5.92 Å². The van der Waals surface area contributed by atoms with Crippen molar-refractivity contribution in [2.45, 2.75) is 50.5 Å². The summed E-state index contributed by atoms with van der Waals surface area (Å²) in [6, 6.07) is 6.25. The molecule has 2 aliphatic heterocycles. The molecule has 1 aromatic heterocycles. The summed E-state index contributed by atoms with van der Waals surface area (Å²) in [5, 5.41) is 4.03. The van der Waals surface area contributed by atoms with Gasteiger partial charge < -0.3 is 18.9 Å². The molecule has 2 fully saturated rings. The molecule has 1 amide bonds. The number of piperidine rings is 1. The zero-order valence-corrected chi connectivity index (χ0v) is 18.0. The van der Waals surface area contributed by atoms with Gasteiger partial charge in [0.25, 0.3) is 0 Å². The quantitative estimate of drug-likeness (QED) is 0.671. The van der Waals surface area contributed by atoms with E-state index in [4.69, 9.17) is 14.0 Å². The predicted octanol–water partition coefficient (Wildman–Crippen LogP) is 2.97. The average Bonchev–Trinajstić information content (AvgIpc) is 3.20. The smallest absolute Gasteiger partial charge is 0.226 e. The number of hydrogen-bond acceptors (Lipinski definition) is 6. The van der Waals surface area contributed by atoms with Gasteiger partial charge in [-0.1, -0.05) is 17.3 Å². The number of ether oxygens (including phenoxy) is 2. The van der Waals surface area contributed by atoms with E-state index in [0.29, 0.717) is 55.9 Å². The molecule has 8 heteroatoms. The molecule has 31 heavy (non-hydrogen) atoms. The molecule has 4 rings (SSSR count). The number of nitrogens with zero attached hydrogens (tertiary/aromatic N) is 3. The number of hydrogen-bond donors (Lipinski definition) is 0. The summed E-state index contributed by atoms with van der Waals surface area (Å²) in [6.07, 6.45) is 5.19. The number of aromatic nitrogens is 2. The van der Waals surface area contributed by atoms with Crippen molar-refractivity contribution in [1.82, 2.24) is 15.0 Å². The molecule has 0 radical (unpaired) electrons. The van der Waals surface area contributed by atoms with Crippen LogP contribution < -0.4 is 0 Å². The van der Waals surface area contributed by atoms with Crippen LogP contribution in [0, 0.1) is 11.7 Å². The minimum absolute atomic E-state index is 0.0438. The molecule has 0 bridgehead atoms. The molecule has 1 unspecified atom stereocenters. The molecule has 3 heterocycles. The second-order valence-electron chi connectivity index (χ2n) is 8.63. The molecule has 0 saturated carbocycles. The van der Waals surface area contributed by atoms with Gasteiger partial charge in [0.1, 0.15) is 5.82 Å². The van der Waals surface area contributed by atoms with Crippen LogP contribution in [0.15, 0.2) is 28.8 Å². The SMILES string of the molecule is COCCc1noc(CC2CCOC3(CCN(C(=O)Cc4cccc(F)c4)CC3)C2)n1. The first kappa shape index (κ1) is 21.9. The maximum absolute atomic E-state index is 13.4. The monoisotopic (exact) mass is 431 g/mol. The topological polar surface area (TPSA) is 77.7 Å². The van der Waals surface area contributed by atoms with Gasteiger partial charge in [-0.15, -0.1) is 0 Å². The number of likely N-dealkylation sites (tertiary alicyclic amines) is 1. The van der Waals surface area contributed by atoms with Crippen LogP contribution in [0.25, 0.3) is 0 Å². The zero-order chi connectivity index (χ0) is 21.7. The number of halogens is 1. The Morgan fingerprint density at radius 3 is 2.97 bits per heavy atom. The van der Waals surface area contributed by atoms with Gasteiger partial charge in [0.2, 0.25) is 11.8 Å². The Morgan fingerprint density at radius 2 is 2.19 bits per heavy atom. The van der Waals surface area contributed by atoms with Gasteiger partial charge in [0.05, 0.1) is 18.6 Å². The minimum Gasteiger partial charge on any atom is -0.384 e. The summed E-state index contributed by atoms with van der Waals surface area (Å²) in [5.74, 6) is 1.53. The Bertz CT molecular complexity index is 879. The van der Waals surface area contributed by atoms with Gasteiger partial charge >= 0.3 is 0 Å². The number of benzene rings is 1. The fourth-order valence-corrected chi connectivity index (χ4v) is 4.66. The van der Waals surface area contributed by atoms with E-state index in [1.807, 2.05) is 4.90 Å². The lowest BCUT2D eigenvalue weighted by Crippen LogP contribution is -2.51.